The lowest BCUT2D eigenvalue weighted by atomic mass is 9.67. The van der Waals surface area contributed by atoms with E-state index in [0.29, 0.717) is 17.5 Å². The Balaban J connectivity index is 1.96. The highest BCUT2D eigenvalue weighted by atomic mass is 19.1. The summed E-state index contributed by atoms with van der Waals surface area (Å²) in [5.41, 5.74) is 0.268. The molecule has 1 aliphatic carbocycles. The summed E-state index contributed by atoms with van der Waals surface area (Å²) in [6.07, 6.45) is 4.82. The van der Waals surface area contributed by atoms with Gasteiger partial charge in [-0.25, -0.2) is 0 Å². The molecule has 0 bridgehead atoms. The largest absolute Gasteiger partial charge is 0.312 e. The third-order valence-corrected chi connectivity index (χ3v) is 4.23. The van der Waals surface area contributed by atoms with Crippen LogP contribution < -0.4 is 5.32 Å². The maximum absolute atomic E-state index is 13.8. The van der Waals surface area contributed by atoms with Crippen molar-refractivity contribution in [2.24, 2.45) is 5.41 Å². The van der Waals surface area contributed by atoms with Crippen molar-refractivity contribution in [3.63, 3.8) is 0 Å². The molecule has 1 fully saturated rings. The van der Waals surface area contributed by atoms with Crippen LogP contribution in [0, 0.1) is 21.3 Å². The number of nitrogens with zero attached hydrogens (tertiary/aromatic N) is 1. The van der Waals surface area contributed by atoms with Crippen molar-refractivity contribution < 1.29 is 9.31 Å². The molecule has 1 N–H and O–H groups in total. The van der Waals surface area contributed by atoms with E-state index in [0.717, 1.165) is 13.0 Å². The Morgan fingerprint density at radius 1 is 1.47 bits per heavy atom. The smallest absolute Gasteiger partial charge is 0.305 e. The molecular weight excluding hydrogens is 247 g/mol. The van der Waals surface area contributed by atoms with Gasteiger partial charge in [-0.1, -0.05) is 25.5 Å². The summed E-state index contributed by atoms with van der Waals surface area (Å²) >= 11 is 0. The summed E-state index contributed by atoms with van der Waals surface area (Å²) < 4.78 is 13.8. The number of nitro groups is 1. The highest BCUT2D eigenvalue weighted by Crippen LogP contribution is 2.43. The van der Waals surface area contributed by atoms with E-state index < -0.39 is 16.4 Å². The Morgan fingerprint density at radius 2 is 2.21 bits per heavy atom. The molecular formula is C14H19FN2O2. The van der Waals surface area contributed by atoms with Crippen LogP contribution in [0.4, 0.5) is 10.1 Å². The van der Waals surface area contributed by atoms with Gasteiger partial charge in [0.1, 0.15) is 0 Å². The molecule has 0 spiro atoms. The number of hydrogen-bond acceptors (Lipinski definition) is 3. The maximum Gasteiger partial charge on any atom is 0.305 e. The Bertz CT molecular complexity index is 467. The van der Waals surface area contributed by atoms with E-state index in [4.69, 9.17) is 0 Å². The van der Waals surface area contributed by atoms with Crippen molar-refractivity contribution in [2.75, 3.05) is 6.54 Å². The minimum atomic E-state index is -0.723. The second-order valence-electron chi connectivity index (χ2n) is 5.32. The molecule has 2 rings (SSSR count). The van der Waals surface area contributed by atoms with E-state index in [1.165, 1.54) is 31.4 Å². The maximum atomic E-state index is 13.8. The van der Waals surface area contributed by atoms with E-state index in [-0.39, 0.29) is 0 Å². The van der Waals surface area contributed by atoms with Gasteiger partial charge < -0.3 is 5.32 Å². The topological polar surface area (TPSA) is 55.2 Å². The summed E-state index contributed by atoms with van der Waals surface area (Å²) in [6, 6.07) is 4.31. The van der Waals surface area contributed by atoms with Gasteiger partial charge in [0, 0.05) is 24.7 Å². The summed E-state index contributed by atoms with van der Waals surface area (Å²) in [4.78, 5) is 9.97. The van der Waals surface area contributed by atoms with Gasteiger partial charge in [-0.3, -0.25) is 10.1 Å². The highest BCUT2D eigenvalue weighted by molar-refractivity contribution is 5.36. The van der Waals surface area contributed by atoms with Crippen molar-refractivity contribution >= 4 is 5.69 Å². The molecule has 1 aromatic rings. The number of rotatable bonds is 6. The van der Waals surface area contributed by atoms with Crippen LogP contribution in [0.3, 0.4) is 0 Å². The quantitative estimate of drug-likeness (QED) is 0.634. The number of nitrogens with one attached hydrogen (secondary N) is 1. The lowest BCUT2D eigenvalue weighted by Gasteiger charge is -2.41. The van der Waals surface area contributed by atoms with Gasteiger partial charge in [0.05, 0.1) is 4.92 Å². The second-order valence-corrected chi connectivity index (χ2v) is 5.32. The van der Waals surface area contributed by atoms with E-state index in [9.17, 15) is 14.5 Å². The first-order chi connectivity index (χ1) is 9.08. The molecule has 0 radical (unpaired) electrons. The number of nitro benzene ring substituents is 1. The van der Waals surface area contributed by atoms with Crippen LogP contribution >= 0.6 is 0 Å². The Kier molecular flexibility index (Phi) is 4.14. The first-order valence-electron chi connectivity index (χ1n) is 6.70. The fraction of sp³-hybridized carbons (Fsp3) is 0.571. The number of benzene rings is 1. The van der Waals surface area contributed by atoms with Crippen LogP contribution in [0.2, 0.25) is 0 Å². The average molecular weight is 266 g/mol. The van der Waals surface area contributed by atoms with Crippen LogP contribution in [0.25, 0.3) is 0 Å². The summed E-state index contributed by atoms with van der Waals surface area (Å²) in [7, 11) is 0. The van der Waals surface area contributed by atoms with E-state index >= 15 is 0 Å². The van der Waals surface area contributed by atoms with Crippen LogP contribution in [-0.2, 0) is 6.54 Å². The zero-order valence-electron chi connectivity index (χ0n) is 11.1. The van der Waals surface area contributed by atoms with Crippen molar-refractivity contribution in [3.8, 4) is 0 Å². The van der Waals surface area contributed by atoms with Crippen molar-refractivity contribution in [2.45, 2.75) is 39.2 Å². The molecule has 19 heavy (non-hydrogen) atoms. The monoisotopic (exact) mass is 266 g/mol. The van der Waals surface area contributed by atoms with E-state index in [1.54, 1.807) is 6.07 Å². The molecule has 5 heteroatoms. The van der Waals surface area contributed by atoms with Crippen molar-refractivity contribution in [1.82, 2.24) is 5.32 Å². The molecule has 0 heterocycles. The van der Waals surface area contributed by atoms with Gasteiger partial charge in [0.15, 0.2) is 0 Å². The summed E-state index contributed by atoms with van der Waals surface area (Å²) in [6.45, 7) is 3.37. The number of hydrogen-bond donors (Lipinski definition) is 1. The summed E-state index contributed by atoms with van der Waals surface area (Å²) in [5.74, 6) is -0.723. The van der Waals surface area contributed by atoms with Gasteiger partial charge in [-0.05, 0) is 24.7 Å². The molecule has 0 aliphatic heterocycles. The molecule has 104 valence electrons. The lowest BCUT2D eigenvalue weighted by molar-refractivity contribution is -0.387. The Labute approximate surface area is 112 Å². The highest BCUT2D eigenvalue weighted by Gasteiger charge is 2.34. The third-order valence-electron chi connectivity index (χ3n) is 4.23. The van der Waals surface area contributed by atoms with E-state index in [2.05, 4.69) is 12.2 Å². The minimum Gasteiger partial charge on any atom is -0.312 e. The fourth-order valence-electron chi connectivity index (χ4n) is 2.64. The molecule has 0 saturated heterocycles. The zero-order chi connectivity index (χ0) is 13.9. The Hall–Kier alpha value is -1.49. The van der Waals surface area contributed by atoms with Crippen LogP contribution in [0.1, 0.15) is 38.2 Å². The van der Waals surface area contributed by atoms with Gasteiger partial charge in [-0.2, -0.15) is 4.39 Å². The molecule has 0 aromatic heterocycles. The van der Waals surface area contributed by atoms with Gasteiger partial charge in [-0.15, -0.1) is 0 Å². The predicted octanol–water partition coefficient (Wildman–Crippen LogP) is 3.40. The van der Waals surface area contributed by atoms with Crippen molar-refractivity contribution in [1.29, 1.82) is 0 Å². The van der Waals surface area contributed by atoms with Gasteiger partial charge in [0.2, 0.25) is 5.82 Å². The molecule has 0 atom stereocenters. The van der Waals surface area contributed by atoms with Crippen molar-refractivity contribution in [3.05, 3.63) is 39.7 Å². The van der Waals surface area contributed by atoms with E-state index in [1.807, 2.05) is 0 Å². The third kappa shape index (κ3) is 2.92. The Morgan fingerprint density at radius 3 is 2.74 bits per heavy atom. The first kappa shape index (κ1) is 13.9. The summed E-state index contributed by atoms with van der Waals surface area (Å²) in [5, 5.41) is 13.9. The van der Waals surface area contributed by atoms with Crippen LogP contribution in [0.5, 0.6) is 0 Å². The molecule has 0 unspecified atom stereocenters. The normalized spacial score (nSPS) is 16.9. The molecule has 1 aromatic carbocycles. The molecule has 1 aliphatic rings. The molecule has 4 nitrogen and oxygen atoms in total. The van der Waals surface area contributed by atoms with Gasteiger partial charge in [0.25, 0.3) is 0 Å². The first-order valence-corrected chi connectivity index (χ1v) is 6.70. The minimum absolute atomic E-state index is 0.343. The van der Waals surface area contributed by atoms with Crippen LogP contribution in [-0.4, -0.2) is 11.5 Å². The standard InChI is InChI=1S/C14H19FN2O2/c1-2-14(7-4-8-14)10-16-9-11-5-3-6-12(13(11)15)17(18)19/h3,5-6,16H,2,4,7-10H2,1H3. The molecule has 0 amide bonds. The van der Waals surface area contributed by atoms with Crippen LogP contribution in [0.15, 0.2) is 18.2 Å². The fourth-order valence-corrected chi connectivity index (χ4v) is 2.64. The predicted molar refractivity (Wildman–Crippen MR) is 71.3 cm³/mol. The number of halogens is 1. The lowest BCUT2D eigenvalue weighted by Crippen LogP contribution is -2.39. The average Bonchev–Trinajstić information content (AvgIpc) is 2.34. The second kappa shape index (κ2) is 5.65. The van der Waals surface area contributed by atoms with Gasteiger partial charge >= 0.3 is 5.69 Å². The SMILES string of the molecule is CCC1(CNCc2cccc([N+](=O)[O-])c2F)CCC1. The molecule has 1 saturated carbocycles. The zero-order valence-corrected chi connectivity index (χ0v) is 11.1.